The van der Waals surface area contributed by atoms with Crippen LogP contribution in [-0.2, 0) is 11.3 Å². The first kappa shape index (κ1) is 27.1. The molecule has 0 aliphatic carbocycles. The van der Waals surface area contributed by atoms with E-state index in [4.69, 9.17) is 9.84 Å². The average molecular weight is 569 g/mol. The van der Waals surface area contributed by atoms with Crippen molar-refractivity contribution in [3.05, 3.63) is 88.8 Å². The van der Waals surface area contributed by atoms with Crippen LogP contribution in [0.2, 0.25) is 0 Å². The number of rotatable bonds is 7. The minimum atomic E-state index is -0.693. The van der Waals surface area contributed by atoms with Crippen LogP contribution in [0.3, 0.4) is 0 Å². The summed E-state index contributed by atoms with van der Waals surface area (Å²) in [7, 11) is 0. The van der Waals surface area contributed by atoms with Crippen LogP contribution in [0.25, 0.3) is 32.9 Å². The number of nitrogens with zero attached hydrogens (tertiary/aromatic N) is 4. The number of aromatic nitrogens is 4. The lowest BCUT2D eigenvalue weighted by Gasteiger charge is -2.31. The van der Waals surface area contributed by atoms with Crippen LogP contribution in [0.5, 0.6) is 0 Å². The van der Waals surface area contributed by atoms with Crippen molar-refractivity contribution in [1.29, 1.82) is 0 Å². The number of para-hydroxylation sites is 1. The molecule has 0 atom stereocenters. The first-order chi connectivity index (χ1) is 20.5. The topological polar surface area (TPSA) is 122 Å². The number of ether oxygens (including phenoxy) is 1. The van der Waals surface area contributed by atoms with Gasteiger partial charge in [-0.05, 0) is 43.0 Å². The summed E-state index contributed by atoms with van der Waals surface area (Å²) in [6.07, 6.45) is 1.03. The number of H-pyrrole nitrogens is 1. The monoisotopic (exact) mass is 568 g/mol. The Morgan fingerprint density at radius 2 is 1.64 bits per heavy atom. The number of likely N-dealkylation sites (tertiary alicyclic amines) is 1. The highest BCUT2D eigenvalue weighted by Crippen LogP contribution is 2.27. The molecule has 11 heteroatoms. The van der Waals surface area contributed by atoms with Gasteiger partial charge in [-0.1, -0.05) is 48.5 Å². The molecule has 6 rings (SSSR count). The Bertz CT molecular complexity index is 1810. The Morgan fingerprint density at radius 1 is 0.952 bits per heavy atom. The molecule has 0 bridgehead atoms. The predicted octanol–water partition coefficient (Wildman–Crippen LogP) is 5.01. The van der Waals surface area contributed by atoms with Crippen LogP contribution in [0.15, 0.2) is 77.6 Å². The van der Waals surface area contributed by atoms with Crippen molar-refractivity contribution in [3.8, 4) is 11.3 Å². The Labute approximate surface area is 240 Å². The molecule has 3 aromatic carbocycles. The Hall–Kier alpha value is -5.06. The third-order valence-electron chi connectivity index (χ3n) is 7.59. The molecule has 1 saturated heterocycles. The molecule has 10 nitrogen and oxygen atoms in total. The minimum Gasteiger partial charge on any atom is -0.447 e. The molecule has 214 valence electrons. The summed E-state index contributed by atoms with van der Waals surface area (Å²) in [6, 6.07) is 22.2. The Kier molecular flexibility index (Phi) is 7.63. The number of alkyl halides is 1. The number of carbonyl (C=O) groups is 2. The molecule has 2 amide bonds. The highest BCUT2D eigenvalue weighted by Gasteiger charge is 2.26. The smallest absolute Gasteiger partial charge is 0.409 e. The van der Waals surface area contributed by atoms with Crippen molar-refractivity contribution < 1.29 is 18.7 Å². The molecule has 3 heterocycles. The van der Waals surface area contributed by atoms with Crippen molar-refractivity contribution in [3.63, 3.8) is 0 Å². The lowest BCUT2D eigenvalue weighted by molar-refractivity contribution is 0.0809. The second-order valence-electron chi connectivity index (χ2n) is 10.3. The number of nitrogens with one attached hydrogen (secondary N) is 2. The SMILES string of the molecule is O=C(Nc1ccc(-c2n[nH]c(=O)c3ccccc23)cc1)c1nn(CC2CCN(C(=O)OCCF)CC2)c2ccccc12. The number of hydrogen-bond donors (Lipinski definition) is 2. The molecule has 1 fully saturated rings. The molecule has 0 unspecified atom stereocenters. The summed E-state index contributed by atoms with van der Waals surface area (Å²) in [5, 5.41) is 16.5. The van der Waals surface area contributed by atoms with E-state index >= 15 is 0 Å². The third kappa shape index (κ3) is 5.45. The van der Waals surface area contributed by atoms with E-state index < -0.39 is 12.8 Å². The highest BCUT2D eigenvalue weighted by atomic mass is 19.1. The number of piperidine rings is 1. The molecule has 42 heavy (non-hydrogen) atoms. The molecule has 0 spiro atoms. The molecule has 0 saturated carbocycles. The molecule has 5 aromatic rings. The molecular formula is C31H29FN6O4. The van der Waals surface area contributed by atoms with Crippen molar-refractivity contribution in [2.75, 3.05) is 31.7 Å². The highest BCUT2D eigenvalue weighted by molar-refractivity contribution is 6.11. The summed E-state index contributed by atoms with van der Waals surface area (Å²) in [4.78, 5) is 39.2. The van der Waals surface area contributed by atoms with Gasteiger partial charge < -0.3 is 15.0 Å². The lowest BCUT2D eigenvalue weighted by Crippen LogP contribution is -2.40. The maximum Gasteiger partial charge on any atom is 0.409 e. The molecule has 1 aliphatic heterocycles. The number of carbonyl (C=O) groups excluding carboxylic acids is 2. The lowest BCUT2D eigenvalue weighted by atomic mass is 9.97. The maximum absolute atomic E-state index is 13.4. The largest absolute Gasteiger partial charge is 0.447 e. The van der Waals surface area contributed by atoms with Gasteiger partial charge >= 0.3 is 6.09 Å². The summed E-state index contributed by atoms with van der Waals surface area (Å²) < 4.78 is 19.1. The van der Waals surface area contributed by atoms with Gasteiger partial charge in [0.15, 0.2) is 5.69 Å². The minimum absolute atomic E-state index is 0.226. The quantitative estimate of drug-likeness (QED) is 0.285. The summed E-state index contributed by atoms with van der Waals surface area (Å²) in [5.41, 5.74) is 2.99. The van der Waals surface area contributed by atoms with Crippen LogP contribution >= 0.6 is 0 Å². The van der Waals surface area contributed by atoms with Crippen LogP contribution in [0, 0.1) is 5.92 Å². The van der Waals surface area contributed by atoms with E-state index in [-0.39, 0.29) is 24.0 Å². The van der Waals surface area contributed by atoms with E-state index in [9.17, 15) is 18.8 Å². The van der Waals surface area contributed by atoms with Gasteiger partial charge in [-0.15, -0.1) is 0 Å². The van der Waals surface area contributed by atoms with Gasteiger partial charge in [-0.3, -0.25) is 14.3 Å². The number of halogens is 1. The number of aromatic amines is 1. The van der Waals surface area contributed by atoms with Crippen molar-refractivity contribution >= 4 is 39.4 Å². The standard InChI is InChI=1S/C31H29FN6O4/c32-15-18-42-31(41)37-16-13-20(14-17-37)19-38-26-8-4-3-7-25(26)28(36-38)30(40)33-22-11-9-21(10-12-22)27-23-5-1-2-6-24(23)29(39)35-34-27/h1-12,20H,13-19H2,(H,33,40)(H,35,39). The van der Waals surface area contributed by atoms with Crippen LogP contribution < -0.4 is 10.9 Å². The second-order valence-corrected chi connectivity index (χ2v) is 10.3. The molecule has 1 aliphatic rings. The fourth-order valence-electron chi connectivity index (χ4n) is 5.43. The van der Waals surface area contributed by atoms with E-state index in [1.807, 2.05) is 59.3 Å². The third-order valence-corrected chi connectivity index (χ3v) is 7.59. The number of hydrogen-bond acceptors (Lipinski definition) is 6. The summed E-state index contributed by atoms with van der Waals surface area (Å²) in [6.45, 7) is 0.749. The van der Waals surface area contributed by atoms with Crippen molar-refractivity contribution in [2.24, 2.45) is 5.92 Å². The Morgan fingerprint density at radius 3 is 2.38 bits per heavy atom. The van der Waals surface area contributed by atoms with Gasteiger partial charge in [0, 0.05) is 41.7 Å². The van der Waals surface area contributed by atoms with Gasteiger partial charge in [0.1, 0.15) is 13.3 Å². The normalized spacial score (nSPS) is 13.9. The zero-order valence-electron chi connectivity index (χ0n) is 22.8. The number of anilines is 1. The summed E-state index contributed by atoms with van der Waals surface area (Å²) in [5.74, 6) is -0.0599. The Balaban J connectivity index is 1.16. The van der Waals surface area contributed by atoms with Gasteiger partial charge in [0.25, 0.3) is 11.5 Å². The van der Waals surface area contributed by atoms with Crippen LogP contribution in [0.4, 0.5) is 14.9 Å². The van der Waals surface area contributed by atoms with E-state index in [0.717, 1.165) is 34.7 Å². The number of benzene rings is 3. The second kappa shape index (κ2) is 11.8. The van der Waals surface area contributed by atoms with Crippen molar-refractivity contribution in [1.82, 2.24) is 24.9 Å². The van der Waals surface area contributed by atoms with E-state index in [0.29, 0.717) is 42.1 Å². The fraction of sp³-hybridized carbons (Fsp3) is 0.258. The van der Waals surface area contributed by atoms with Crippen LogP contribution in [-0.4, -0.2) is 63.2 Å². The molecule has 0 radical (unpaired) electrons. The van der Waals surface area contributed by atoms with Gasteiger partial charge in [0.2, 0.25) is 0 Å². The van der Waals surface area contributed by atoms with E-state index in [2.05, 4.69) is 15.5 Å². The molecule has 2 N–H and O–H groups in total. The zero-order valence-corrected chi connectivity index (χ0v) is 22.8. The number of amides is 2. The number of fused-ring (bicyclic) bond motifs is 2. The molecule has 2 aromatic heterocycles. The van der Waals surface area contributed by atoms with E-state index in [1.165, 1.54) is 0 Å². The molecular weight excluding hydrogens is 539 g/mol. The average Bonchev–Trinajstić information content (AvgIpc) is 3.39. The fourth-order valence-corrected chi connectivity index (χ4v) is 5.43. The van der Waals surface area contributed by atoms with E-state index in [1.54, 1.807) is 23.1 Å². The van der Waals surface area contributed by atoms with Crippen molar-refractivity contribution in [2.45, 2.75) is 19.4 Å². The maximum atomic E-state index is 13.4. The van der Waals surface area contributed by atoms with Gasteiger partial charge in [-0.2, -0.15) is 10.2 Å². The zero-order chi connectivity index (χ0) is 29.1. The first-order valence-corrected chi connectivity index (χ1v) is 13.8. The summed E-state index contributed by atoms with van der Waals surface area (Å²) >= 11 is 0. The van der Waals surface area contributed by atoms with Crippen LogP contribution in [0.1, 0.15) is 23.3 Å². The first-order valence-electron chi connectivity index (χ1n) is 13.8. The predicted molar refractivity (Wildman–Crippen MR) is 157 cm³/mol. The van der Waals surface area contributed by atoms with Gasteiger partial charge in [-0.25, -0.2) is 14.3 Å². The van der Waals surface area contributed by atoms with Gasteiger partial charge in [0.05, 0.1) is 16.6 Å².